The monoisotopic (exact) mass is 373 g/mol. The van der Waals surface area contributed by atoms with Crippen LogP contribution in [0, 0.1) is 0 Å². The Morgan fingerprint density at radius 2 is 1.79 bits per heavy atom. The molecule has 0 saturated heterocycles. The Hall–Kier alpha value is -2.23. The summed E-state index contributed by atoms with van der Waals surface area (Å²) in [6.07, 6.45) is 6.95. The molecule has 0 fully saturated rings. The van der Waals surface area contributed by atoms with Gasteiger partial charge >= 0.3 is 0 Å². The molecular formula is C25H31N3. The molecule has 0 bridgehead atoms. The molecule has 0 spiro atoms. The molecule has 0 unspecified atom stereocenters. The number of aromatic nitrogens is 1. The zero-order valence-corrected chi connectivity index (χ0v) is 16.9. The van der Waals surface area contributed by atoms with Gasteiger partial charge in [-0.25, -0.2) is 0 Å². The quantitative estimate of drug-likeness (QED) is 0.567. The van der Waals surface area contributed by atoms with E-state index in [1.165, 1.54) is 46.9 Å². The normalized spacial score (nSPS) is 16.4. The third-order valence-corrected chi connectivity index (χ3v) is 5.80. The summed E-state index contributed by atoms with van der Waals surface area (Å²) in [6, 6.07) is 20.1. The van der Waals surface area contributed by atoms with Gasteiger partial charge in [0.25, 0.3) is 0 Å². The molecule has 3 aromatic rings. The smallest absolute Gasteiger partial charge is 0.0550 e. The van der Waals surface area contributed by atoms with Crippen LogP contribution in [0.25, 0.3) is 10.8 Å². The van der Waals surface area contributed by atoms with E-state index in [9.17, 15) is 0 Å². The first-order valence-corrected chi connectivity index (χ1v) is 10.7. The van der Waals surface area contributed by atoms with Gasteiger partial charge in [-0.3, -0.25) is 9.88 Å². The molecule has 0 aliphatic carbocycles. The number of nitrogens with one attached hydrogen (secondary N) is 1. The maximum Gasteiger partial charge on any atom is 0.0550 e. The van der Waals surface area contributed by atoms with E-state index in [4.69, 9.17) is 4.98 Å². The first kappa shape index (κ1) is 19.1. The van der Waals surface area contributed by atoms with Crippen LogP contribution in [0.4, 0.5) is 0 Å². The Balaban J connectivity index is 1.45. The molecular weight excluding hydrogens is 342 g/mol. The van der Waals surface area contributed by atoms with Crippen LogP contribution in [-0.4, -0.2) is 29.0 Å². The molecule has 0 radical (unpaired) electrons. The Kier molecular flexibility index (Phi) is 6.35. The van der Waals surface area contributed by atoms with Gasteiger partial charge in [0.2, 0.25) is 0 Å². The molecule has 1 aliphatic rings. The number of unbranched alkanes of at least 4 members (excludes halogenated alkanes) is 2. The molecule has 2 aromatic carbocycles. The van der Waals surface area contributed by atoms with Crippen LogP contribution in [0.15, 0.2) is 60.8 Å². The van der Waals surface area contributed by atoms with Crippen LogP contribution in [0.2, 0.25) is 0 Å². The summed E-state index contributed by atoms with van der Waals surface area (Å²) in [4.78, 5) is 7.34. The molecule has 1 N–H and O–H groups in total. The average Bonchev–Trinajstić information content (AvgIpc) is 2.74. The fraction of sp³-hybridized carbons (Fsp3) is 0.400. The standard InChI is InChI=1S/C25H31N3/c1-2-3-8-13-28(18-24-14-20-9-4-6-11-22(20)16-26-24)19-25-15-21-10-5-7-12-23(21)17-27-25/h4-7,9-12,14,16,25,27H,2-3,8,13,15,17-19H2,1H3/t25-/m1/s1. The fourth-order valence-electron chi connectivity index (χ4n) is 4.23. The summed E-state index contributed by atoms with van der Waals surface area (Å²) in [5.41, 5.74) is 4.13. The Labute approximate surface area is 168 Å². The highest BCUT2D eigenvalue weighted by Crippen LogP contribution is 2.19. The van der Waals surface area contributed by atoms with Crippen LogP contribution in [0.3, 0.4) is 0 Å². The third kappa shape index (κ3) is 4.78. The van der Waals surface area contributed by atoms with E-state index in [-0.39, 0.29) is 0 Å². The lowest BCUT2D eigenvalue weighted by Crippen LogP contribution is -2.44. The van der Waals surface area contributed by atoms with Gasteiger partial charge in [-0.2, -0.15) is 0 Å². The van der Waals surface area contributed by atoms with Crippen molar-refractivity contribution in [1.82, 2.24) is 15.2 Å². The SMILES string of the molecule is CCCCCN(Cc1cc2ccccc2cn1)C[C@H]1Cc2ccccc2CN1. The molecule has 3 heteroatoms. The molecule has 4 rings (SSSR count). The second-order valence-corrected chi connectivity index (χ2v) is 8.02. The molecule has 1 aromatic heterocycles. The van der Waals surface area contributed by atoms with Crippen molar-refractivity contribution in [3.05, 3.63) is 77.6 Å². The minimum atomic E-state index is 0.511. The predicted octanol–water partition coefficient (Wildman–Crippen LogP) is 4.94. The molecule has 1 aliphatic heterocycles. The van der Waals surface area contributed by atoms with Crippen LogP contribution in [-0.2, 0) is 19.5 Å². The van der Waals surface area contributed by atoms with Gasteiger partial charge in [-0.05, 0) is 42.0 Å². The Morgan fingerprint density at radius 3 is 2.64 bits per heavy atom. The summed E-state index contributed by atoms with van der Waals surface area (Å²) >= 11 is 0. The molecule has 28 heavy (non-hydrogen) atoms. The second kappa shape index (κ2) is 9.31. The minimum Gasteiger partial charge on any atom is -0.308 e. The van der Waals surface area contributed by atoms with Gasteiger partial charge in [-0.15, -0.1) is 0 Å². The van der Waals surface area contributed by atoms with E-state index < -0.39 is 0 Å². The molecule has 146 valence electrons. The number of nitrogens with zero attached hydrogens (tertiary/aromatic N) is 2. The lowest BCUT2D eigenvalue weighted by atomic mass is 9.95. The Morgan fingerprint density at radius 1 is 1.00 bits per heavy atom. The van der Waals surface area contributed by atoms with E-state index >= 15 is 0 Å². The van der Waals surface area contributed by atoms with Crippen molar-refractivity contribution in [2.24, 2.45) is 0 Å². The number of hydrogen-bond acceptors (Lipinski definition) is 3. The van der Waals surface area contributed by atoms with Crippen molar-refractivity contribution in [3.8, 4) is 0 Å². The molecule has 2 heterocycles. The highest BCUT2D eigenvalue weighted by molar-refractivity contribution is 5.81. The third-order valence-electron chi connectivity index (χ3n) is 5.80. The van der Waals surface area contributed by atoms with Gasteiger partial charge in [-0.1, -0.05) is 68.3 Å². The zero-order valence-electron chi connectivity index (χ0n) is 16.9. The van der Waals surface area contributed by atoms with Gasteiger partial charge in [0, 0.05) is 37.3 Å². The average molecular weight is 374 g/mol. The summed E-state index contributed by atoms with van der Waals surface area (Å²) in [5.74, 6) is 0. The maximum absolute atomic E-state index is 4.74. The van der Waals surface area contributed by atoms with Gasteiger partial charge in [0.1, 0.15) is 0 Å². The topological polar surface area (TPSA) is 28.2 Å². The molecule has 0 amide bonds. The zero-order chi connectivity index (χ0) is 19.2. The number of fused-ring (bicyclic) bond motifs is 2. The molecule has 0 saturated carbocycles. The number of benzene rings is 2. The van der Waals surface area contributed by atoms with Gasteiger partial charge in [0.15, 0.2) is 0 Å². The first-order chi connectivity index (χ1) is 13.8. The van der Waals surface area contributed by atoms with E-state index in [2.05, 4.69) is 71.7 Å². The van der Waals surface area contributed by atoms with Crippen molar-refractivity contribution in [1.29, 1.82) is 0 Å². The largest absolute Gasteiger partial charge is 0.308 e. The number of hydrogen-bond donors (Lipinski definition) is 1. The highest BCUT2D eigenvalue weighted by atomic mass is 15.2. The number of pyridine rings is 1. The Bertz CT molecular complexity index is 905. The maximum atomic E-state index is 4.74. The molecule has 1 atom stereocenters. The number of rotatable bonds is 8. The lowest BCUT2D eigenvalue weighted by Gasteiger charge is -2.31. The summed E-state index contributed by atoms with van der Waals surface area (Å²) in [5, 5.41) is 6.25. The predicted molar refractivity (Wildman–Crippen MR) is 117 cm³/mol. The minimum absolute atomic E-state index is 0.511. The van der Waals surface area contributed by atoms with Gasteiger partial charge in [0.05, 0.1) is 5.69 Å². The van der Waals surface area contributed by atoms with Gasteiger partial charge < -0.3 is 5.32 Å². The lowest BCUT2D eigenvalue weighted by molar-refractivity contribution is 0.222. The van der Waals surface area contributed by atoms with Crippen LogP contribution < -0.4 is 5.32 Å². The summed E-state index contributed by atoms with van der Waals surface area (Å²) in [7, 11) is 0. The van der Waals surface area contributed by atoms with E-state index in [1.54, 1.807) is 0 Å². The van der Waals surface area contributed by atoms with Crippen LogP contribution >= 0.6 is 0 Å². The van der Waals surface area contributed by atoms with Crippen molar-refractivity contribution in [2.75, 3.05) is 13.1 Å². The van der Waals surface area contributed by atoms with Crippen molar-refractivity contribution >= 4 is 10.8 Å². The van der Waals surface area contributed by atoms with Crippen molar-refractivity contribution in [2.45, 2.75) is 51.7 Å². The van der Waals surface area contributed by atoms with Crippen LogP contribution in [0.1, 0.15) is 43.0 Å². The first-order valence-electron chi connectivity index (χ1n) is 10.7. The highest BCUT2D eigenvalue weighted by Gasteiger charge is 2.20. The molecule has 3 nitrogen and oxygen atoms in total. The summed E-state index contributed by atoms with van der Waals surface area (Å²) < 4.78 is 0. The van der Waals surface area contributed by atoms with E-state index in [1.807, 2.05) is 6.20 Å². The summed E-state index contributed by atoms with van der Waals surface area (Å²) in [6.45, 7) is 6.40. The van der Waals surface area contributed by atoms with Crippen molar-refractivity contribution < 1.29 is 0 Å². The van der Waals surface area contributed by atoms with E-state index in [0.29, 0.717) is 6.04 Å². The fourth-order valence-corrected chi connectivity index (χ4v) is 4.23. The van der Waals surface area contributed by atoms with E-state index in [0.717, 1.165) is 32.6 Å². The van der Waals surface area contributed by atoms with Crippen molar-refractivity contribution in [3.63, 3.8) is 0 Å². The van der Waals surface area contributed by atoms with Crippen LogP contribution in [0.5, 0.6) is 0 Å². The second-order valence-electron chi connectivity index (χ2n) is 8.02.